The molecule has 146 valence electrons. The number of halogens is 1. The molecule has 2 bridgehead atoms. The number of aromatic nitrogens is 1. The first kappa shape index (κ1) is 18.2. The van der Waals surface area contributed by atoms with Crippen LogP contribution in [0.25, 0.3) is 0 Å². The standard InChI is InChI=1S/C20H22FN5O2/c1-11-10-28-17-5-4-12(21)7-14(17)16-3-2-6-26(16)19(23)15-8-13(25-20(11)27)9-24-18(15)22/h4-5,7-9,11,16,23H,2-3,6,10H2,1H3,(H2,22,24)(H,25,27)/t11-,16-/m1/s1. The minimum absolute atomic E-state index is 0.157. The number of nitrogens with zero attached hydrogens (tertiary/aromatic N) is 2. The Hall–Kier alpha value is -3.16. The molecule has 0 spiro atoms. The Morgan fingerprint density at radius 1 is 1.39 bits per heavy atom. The average molecular weight is 383 g/mol. The second kappa shape index (κ2) is 7.10. The van der Waals surface area contributed by atoms with Crippen molar-refractivity contribution in [3.63, 3.8) is 0 Å². The van der Waals surface area contributed by atoms with Gasteiger partial charge in [0.1, 0.15) is 23.2 Å². The molecule has 2 atom stereocenters. The minimum Gasteiger partial charge on any atom is -0.492 e. The molecule has 1 aromatic heterocycles. The number of hydrogen-bond donors (Lipinski definition) is 3. The highest BCUT2D eigenvalue weighted by Gasteiger charge is 2.32. The number of amidine groups is 1. The normalized spacial score (nSPS) is 22.1. The first-order valence-corrected chi connectivity index (χ1v) is 9.28. The summed E-state index contributed by atoms with van der Waals surface area (Å²) in [5, 5.41) is 11.5. The fourth-order valence-corrected chi connectivity index (χ4v) is 3.71. The van der Waals surface area contributed by atoms with E-state index in [2.05, 4.69) is 10.3 Å². The van der Waals surface area contributed by atoms with E-state index in [1.165, 1.54) is 18.3 Å². The number of nitrogens with two attached hydrogens (primary N) is 1. The molecule has 0 radical (unpaired) electrons. The van der Waals surface area contributed by atoms with Gasteiger partial charge < -0.3 is 20.7 Å². The fourth-order valence-electron chi connectivity index (χ4n) is 3.71. The van der Waals surface area contributed by atoms with Crippen molar-refractivity contribution in [2.45, 2.75) is 25.8 Å². The Morgan fingerprint density at radius 3 is 3.04 bits per heavy atom. The van der Waals surface area contributed by atoms with E-state index in [1.807, 2.05) is 4.90 Å². The van der Waals surface area contributed by atoms with E-state index in [-0.39, 0.29) is 36.0 Å². The van der Waals surface area contributed by atoms with Gasteiger partial charge in [-0.2, -0.15) is 0 Å². The number of amides is 1. The van der Waals surface area contributed by atoms with Crippen molar-refractivity contribution in [1.29, 1.82) is 5.41 Å². The topological polar surface area (TPSA) is 104 Å². The van der Waals surface area contributed by atoms with Crippen molar-refractivity contribution in [2.75, 3.05) is 24.2 Å². The van der Waals surface area contributed by atoms with Crippen LogP contribution in [0.5, 0.6) is 5.75 Å². The molecule has 1 fully saturated rings. The molecule has 1 saturated heterocycles. The summed E-state index contributed by atoms with van der Waals surface area (Å²) in [5.41, 5.74) is 7.62. The monoisotopic (exact) mass is 383 g/mol. The third-order valence-electron chi connectivity index (χ3n) is 5.25. The van der Waals surface area contributed by atoms with Crippen LogP contribution in [0.2, 0.25) is 0 Å². The number of rotatable bonds is 0. The summed E-state index contributed by atoms with van der Waals surface area (Å²) in [6.45, 7) is 2.56. The second-order valence-electron chi connectivity index (χ2n) is 7.24. The highest BCUT2D eigenvalue weighted by atomic mass is 19.1. The Bertz CT molecular complexity index is 948. The van der Waals surface area contributed by atoms with E-state index in [4.69, 9.17) is 15.9 Å². The van der Waals surface area contributed by atoms with E-state index in [0.29, 0.717) is 29.1 Å². The van der Waals surface area contributed by atoms with Crippen LogP contribution in [-0.4, -0.2) is 34.8 Å². The highest BCUT2D eigenvalue weighted by Crippen LogP contribution is 2.39. The lowest BCUT2D eigenvalue weighted by Gasteiger charge is -2.29. The molecule has 0 saturated carbocycles. The number of carbonyl (C=O) groups excluding carboxylic acids is 1. The summed E-state index contributed by atoms with van der Waals surface area (Å²) in [6.07, 6.45) is 3.11. The first-order valence-electron chi connectivity index (χ1n) is 9.28. The SMILES string of the molecule is C[C@@H]1COc2ccc(F)cc2[C@H]2CCCN2C(=N)c2cc(cnc2N)NC1=O. The van der Waals surface area contributed by atoms with E-state index in [0.717, 1.165) is 12.8 Å². The number of nitrogen functional groups attached to an aromatic ring is 1. The molecule has 4 rings (SSSR count). The van der Waals surface area contributed by atoms with E-state index < -0.39 is 5.92 Å². The molecule has 2 aliphatic rings. The van der Waals surface area contributed by atoms with Crippen molar-refractivity contribution < 1.29 is 13.9 Å². The van der Waals surface area contributed by atoms with Gasteiger partial charge in [-0.3, -0.25) is 10.2 Å². The van der Waals surface area contributed by atoms with Crippen molar-refractivity contribution in [2.24, 2.45) is 5.92 Å². The Morgan fingerprint density at radius 2 is 2.21 bits per heavy atom. The van der Waals surface area contributed by atoms with Crippen molar-refractivity contribution >= 4 is 23.2 Å². The molecule has 0 aliphatic carbocycles. The van der Waals surface area contributed by atoms with Gasteiger partial charge in [0.05, 0.1) is 36.0 Å². The van der Waals surface area contributed by atoms with Crippen LogP contribution < -0.4 is 15.8 Å². The molecule has 4 N–H and O–H groups in total. The maximum absolute atomic E-state index is 14.0. The summed E-state index contributed by atoms with van der Waals surface area (Å²) in [7, 11) is 0. The van der Waals surface area contributed by atoms with Gasteiger partial charge in [-0.25, -0.2) is 9.37 Å². The van der Waals surface area contributed by atoms with Crippen LogP contribution in [0, 0.1) is 17.1 Å². The van der Waals surface area contributed by atoms with Gasteiger partial charge in [0.15, 0.2) is 0 Å². The summed E-state index contributed by atoms with van der Waals surface area (Å²) < 4.78 is 19.9. The molecule has 2 aliphatic heterocycles. The number of benzene rings is 1. The largest absolute Gasteiger partial charge is 0.492 e. The Balaban J connectivity index is 1.84. The van der Waals surface area contributed by atoms with E-state index in [9.17, 15) is 9.18 Å². The van der Waals surface area contributed by atoms with Gasteiger partial charge in [-0.1, -0.05) is 6.92 Å². The molecule has 1 aromatic carbocycles. The molecule has 2 aromatic rings. The number of fused-ring (bicyclic) bond motifs is 5. The van der Waals surface area contributed by atoms with Crippen molar-refractivity contribution in [3.05, 3.63) is 47.4 Å². The Labute approximate surface area is 162 Å². The summed E-state index contributed by atoms with van der Waals surface area (Å²) >= 11 is 0. The van der Waals surface area contributed by atoms with Crippen LogP contribution in [0.15, 0.2) is 30.5 Å². The fraction of sp³-hybridized carbons (Fsp3) is 0.350. The minimum atomic E-state index is -0.432. The second-order valence-corrected chi connectivity index (χ2v) is 7.24. The molecule has 0 unspecified atom stereocenters. The zero-order valence-electron chi connectivity index (χ0n) is 15.5. The van der Waals surface area contributed by atoms with Gasteiger partial charge in [-0.15, -0.1) is 0 Å². The Kier molecular flexibility index (Phi) is 4.62. The molecular formula is C20H22FN5O2. The van der Waals surface area contributed by atoms with Crippen molar-refractivity contribution in [3.8, 4) is 5.75 Å². The lowest BCUT2D eigenvalue weighted by Crippen LogP contribution is -2.31. The number of nitrogens with one attached hydrogen (secondary N) is 2. The van der Waals surface area contributed by atoms with Crippen LogP contribution in [0.3, 0.4) is 0 Å². The van der Waals surface area contributed by atoms with Crippen LogP contribution >= 0.6 is 0 Å². The number of ether oxygens (including phenoxy) is 1. The third kappa shape index (κ3) is 3.26. The maximum Gasteiger partial charge on any atom is 0.230 e. The molecule has 7 nitrogen and oxygen atoms in total. The van der Waals surface area contributed by atoms with E-state index in [1.54, 1.807) is 19.1 Å². The molecule has 28 heavy (non-hydrogen) atoms. The summed E-state index contributed by atoms with van der Waals surface area (Å²) in [5.74, 6) is -0.0773. The van der Waals surface area contributed by atoms with Gasteiger partial charge in [0, 0.05) is 12.1 Å². The van der Waals surface area contributed by atoms with Gasteiger partial charge in [0.25, 0.3) is 0 Å². The van der Waals surface area contributed by atoms with Crippen LogP contribution in [-0.2, 0) is 4.79 Å². The van der Waals surface area contributed by atoms with Crippen LogP contribution in [0.1, 0.15) is 36.9 Å². The van der Waals surface area contributed by atoms with Gasteiger partial charge >= 0.3 is 0 Å². The van der Waals surface area contributed by atoms with Crippen molar-refractivity contribution in [1.82, 2.24) is 9.88 Å². The first-order chi connectivity index (χ1) is 13.4. The number of carbonyl (C=O) groups is 1. The summed E-state index contributed by atoms with van der Waals surface area (Å²) in [6, 6.07) is 5.84. The zero-order chi connectivity index (χ0) is 19.8. The van der Waals surface area contributed by atoms with Gasteiger partial charge in [0.2, 0.25) is 5.91 Å². The number of pyridine rings is 1. The predicted molar refractivity (Wildman–Crippen MR) is 104 cm³/mol. The smallest absolute Gasteiger partial charge is 0.230 e. The number of anilines is 2. The number of hydrogen-bond acceptors (Lipinski definition) is 5. The average Bonchev–Trinajstić information content (AvgIpc) is 3.16. The summed E-state index contributed by atoms with van der Waals surface area (Å²) in [4.78, 5) is 18.5. The molecule has 1 amide bonds. The van der Waals surface area contributed by atoms with Gasteiger partial charge in [-0.05, 0) is 37.1 Å². The lowest BCUT2D eigenvalue weighted by atomic mass is 10.0. The van der Waals surface area contributed by atoms with E-state index >= 15 is 0 Å². The zero-order valence-corrected chi connectivity index (χ0v) is 15.5. The maximum atomic E-state index is 14.0. The molecule has 8 heteroatoms. The quantitative estimate of drug-likeness (QED) is 0.649. The molecule has 3 heterocycles. The predicted octanol–water partition coefficient (Wildman–Crippen LogP) is 2.93. The third-order valence-corrected chi connectivity index (χ3v) is 5.25. The van der Waals surface area contributed by atoms with Crippen LogP contribution in [0.4, 0.5) is 15.9 Å². The molecular weight excluding hydrogens is 361 g/mol. The lowest BCUT2D eigenvalue weighted by molar-refractivity contribution is -0.120. The highest BCUT2D eigenvalue weighted by molar-refractivity contribution is 6.02.